The molecule has 4 nitrogen and oxygen atoms in total. The maximum absolute atomic E-state index is 13.2. The maximum Gasteiger partial charge on any atom is 0.326 e. The highest BCUT2D eigenvalue weighted by Crippen LogP contribution is 2.47. The molecule has 6 heteroatoms. The highest BCUT2D eigenvalue weighted by molar-refractivity contribution is 5.87. The molecule has 4 atom stereocenters. The van der Waals surface area contributed by atoms with Gasteiger partial charge in [0.15, 0.2) is 11.6 Å². The summed E-state index contributed by atoms with van der Waals surface area (Å²) in [7, 11) is 0. The maximum atomic E-state index is 13.2. The Morgan fingerprint density at radius 3 is 2.59 bits per heavy atom. The summed E-state index contributed by atoms with van der Waals surface area (Å²) in [4.78, 5) is 23.3. The Balaban J connectivity index is 2.00. The second-order valence-electron chi connectivity index (χ2n) is 5.83. The number of amides is 1. The molecular formula is C16H19F2NO3. The number of aliphatic carboxylic acids is 1. The van der Waals surface area contributed by atoms with Crippen LogP contribution in [0.3, 0.4) is 0 Å². The SMILES string of the molecule is CCC(C)C(NC(=O)C1CC1c1ccc(F)c(F)c1)C(=O)O. The van der Waals surface area contributed by atoms with E-state index in [4.69, 9.17) is 5.11 Å². The van der Waals surface area contributed by atoms with Crippen molar-refractivity contribution in [3.8, 4) is 0 Å². The zero-order valence-corrected chi connectivity index (χ0v) is 12.5. The molecule has 1 fully saturated rings. The van der Waals surface area contributed by atoms with E-state index in [-0.39, 0.29) is 23.7 Å². The Labute approximate surface area is 127 Å². The summed E-state index contributed by atoms with van der Waals surface area (Å²) in [5.74, 6) is -4.01. The Kier molecular flexibility index (Phi) is 4.78. The molecule has 1 amide bonds. The number of benzene rings is 1. The monoisotopic (exact) mass is 311 g/mol. The van der Waals surface area contributed by atoms with E-state index < -0.39 is 23.6 Å². The molecule has 0 bridgehead atoms. The Morgan fingerprint density at radius 2 is 2.05 bits per heavy atom. The van der Waals surface area contributed by atoms with E-state index in [1.165, 1.54) is 6.07 Å². The molecule has 22 heavy (non-hydrogen) atoms. The van der Waals surface area contributed by atoms with Crippen LogP contribution in [0.2, 0.25) is 0 Å². The molecule has 0 radical (unpaired) electrons. The fourth-order valence-corrected chi connectivity index (χ4v) is 2.54. The molecule has 0 aliphatic heterocycles. The van der Waals surface area contributed by atoms with Crippen molar-refractivity contribution in [1.82, 2.24) is 5.32 Å². The first-order valence-corrected chi connectivity index (χ1v) is 7.33. The van der Waals surface area contributed by atoms with E-state index in [0.29, 0.717) is 18.4 Å². The second-order valence-corrected chi connectivity index (χ2v) is 5.83. The number of hydrogen-bond donors (Lipinski definition) is 2. The van der Waals surface area contributed by atoms with Crippen LogP contribution in [-0.4, -0.2) is 23.0 Å². The van der Waals surface area contributed by atoms with Crippen LogP contribution in [0, 0.1) is 23.5 Å². The zero-order chi connectivity index (χ0) is 16.4. The van der Waals surface area contributed by atoms with Crippen molar-refractivity contribution in [2.75, 3.05) is 0 Å². The lowest BCUT2D eigenvalue weighted by molar-refractivity contribution is -0.143. The largest absolute Gasteiger partial charge is 0.480 e. The van der Waals surface area contributed by atoms with E-state index in [1.54, 1.807) is 6.92 Å². The minimum absolute atomic E-state index is 0.179. The van der Waals surface area contributed by atoms with E-state index in [1.807, 2.05) is 6.92 Å². The minimum atomic E-state index is -1.06. The molecule has 1 saturated carbocycles. The third-order valence-corrected chi connectivity index (χ3v) is 4.28. The van der Waals surface area contributed by atoms with Crippen LogP contribution in [-0.2, 0) is 9.59 Å². The lowest BCUT2D eigenvalue weighted by Crippen LogP contribution is -2.45. The van der Waals surface area contributed by atoms with Crippen LogP contribution in [0.15, 0.2) is 18.2 Å². The molecule has 0 aromatic heterocycles. The van der Waals surface area contributed by atoms with Gasteiger partial charge in [0.2, 0.25) is 5.91 Å². The van der Waals surface area contributed by atoms with Crippen molar-refractivity contribution in [3.05, 3.63) is 35.4 Å². The number of hydrogen-bond acceptors (Lipinski definition) is 2. The van der Waals surface area contributed by atoms with Crippen molar-refractivity contribution in [1.29, 1.82) is 0 Å². The van der Waals surface area contributed by atoms with E-state index in [0.717, 1.165) is 12.1 Å². The van der Waals surface area contributed by atoms with Gasteiger partial charge >= 0.3 is 5.97 Å². The normalized spacial score (nSPS) is 22.7. The number of nitrogens with one attached hydrogen (secondary N) is 1. The lowest BCUT2D eigenvalue weighted by Gasteiger charge is -2.20. The van der Waals surface area contributed by atoms with Crippen LogP contribution in [0.25, 0.3) is 0 Å². The van der Waals surface area contributed by atoms with Crippen molar-refractivity contribution >= 4 is 11.9 Å². The van der Waals surface area contributed by atoms with Gasteiger partial charge in [-0.25, -0.2) is 13.6 Å². The number of carboxylic acids is 1. The molecule has 1 aromatic rings. The summed E-state index contributed by atoms with van der Waals surface area (Å²) >= 11 is 0. The number of carbonyl (C=O) groups excluding carboxylic acids is 1. The van der Waals surface area contributed by atoms with Crippen LogP contribution in [0.5, 0.6) is 0 Å². The average Bonchev–Trinajstić information content (AvgIpc) is 3.26. The third kappa shape index (κ3) is 3.43. The fraction of sp³-hybridized carbons (Fsp3) is 0.500. The van der Waals surface area contributed by atoms with Gasteiger partial charge in [0.25, 0.3) is 0 Å². The molecule has 2 N–H and O–H groups in total. The number of carbonyl (C=O) groups is 2. The fourth-order valence-electron chi connectivity index (χ4n) is 2.54. The molecule has 120 valence electrons. The molecule has 0 spiro atoms. The summed E-state index contributed by atoms with van der Waals surface area (Å²) in [5, 5.41) is 11.7. The van der Waals surface area contributed by atoms with Crippen LogP contribution in [0.4, 0.5) is 8.78 Å². The van der Waals surface area contributed by atoms with Gasteiger partial charge in [0.1, 0.15) is 6.04 Å². The van der Waals surface area contributed by atoms with E-state index in [2.05, 4.69) is 5.32 Å². The van der Waals surface area contributed by atoms with Gasteiger partial charge in [-0.3, -0.25) is 4.79 Å². The second kappa shape index (κ2) is 6.42. The van der Waals surface area contributed by atoms with Crippen LogP contribution in [0.1, 0.15) is 38.2 Å². The third-order valence-electron chi connectivity index (χ3n) is 4.28. The Bertz CT molecular complexity index is 591. The van der Waals surface area contributed by atoms with Crippen molar-refractivity contribution in [3.63, 3.8) is 0 Å². The Hall–Kier alpha value is -1.98. The zero-order valence-electron chi connectivity index (χ0n) is 12.5. The first-order valence-electron chi connectivity index (χ1n) is 7.33. The Morgan fingerprint density at radius 1 is 1.36 bits per heavy atom. The van der Waals surface area contributed by atoms with Gasteiger partial charge in [-0.05, 0) is 36.0 Å². The van der Waals surface area contributed by atoms with Crippen molar-refractivity contribution in [2.24, 2.45) is 11.8 Å². The summed E-state index contributed by atoms with van der Waals surface area (Å²) in [6.45, 7) is 3.62. The molecular weight excluding hydrogens is 292 g/mol. The van der Waals surface area contributed by atoms with E-state index in [9.17, 15) is 18.4 Å². The molecule has 4 unspecified atom stereocenters. The van der Waals surface area contributed by atoms with Gasteiger partial charge in [-0.1, -0.05) is 26.3 Å². The van der Waals surface area contributed by atoms with Gasteiger partial charge in [-0.15, -0.1) is 0 Å². The summed E-state index contributed by atoms with van der Waals surface area (Å²) in [5.41, 5.74) is 0.564. The smallest absolute Gasteiger partial charge is 0.326 e. The first kappa shape index (κ1) is 16.4. The quantitative estimate of drug-likeness (QED) is 0.849. The van der Waals surface area contributed by atoms with Crippen LogP contribution < -0.4 is 5.32 Å². The molecule has 1 aromatic carbocycles. The lowest BCUT2D eigenvalue weighted by atomic mass is 9.99. The first-order chi connectivity index (χ1) is 10.3. The number of halogens is 2. The highest BCUT2D eigenvalue weighted by Gasteiger charge is 2.45. The minimum Gasteiger partial charge on any atom is -0.480 e. The van der Waals surface area contributed by atoms with Crippen LogP contribution >= 0.6 is 0 Å². The van der Waals surface area contributed by atoms with Gasteiger partial charge in [0.05, 0.1) is 0 Å². The summed E-state index contributed by atoms with van der Waals surface area (Å²) < 4.78 is 26.1. The molecule has 1 aliphatic carbocycles. The molecule has 2 rings (SSSR count). The van der Waals surface area contributed by atoms with Gasteiger partial charge in [0, 0.05) is 5.92 Å². The van der Waals surface area contributed by atoms with E-state index >= 15 is 0 Å². The average molecular weight is 311 g/mol. The predicted octanol–water partition coefficient (Wildman–Crippen LogP) is 2.68. The van der Waals surface area contributed by atoms with Crippen molar-refractivity contribution in [2.45, 2.75) is 38.6 Å². The molecule has 0 heterocycles. The van der Waals surface area contributed by atoms with Gasteiger partial charge < -0.3 is 10.4 Å². The standard InChI is InChI=1S/C16H19F2NO3/c1-3-8(2)14(16(21)22)19-15(20)11-7-10(11)9-4-5-12(17)13(18)6-9/h4-6,8,10-11,14H,3,7H2,1-2H3,(H,19,20)(H,21,22). The summed E-state index contributed by atoms with van der Waals surface area (Å²) in [6.07, 6.45) is 1.15. The number of rotatable bonds is 6. The predicted molar refractivity (Wildman–Crippen MR) is 76.2 cm³/mol. The highest BCUT2D eigenvalue weighted by atomic mass is 19.2. The summed E-state index contributed by atoms with van der Waals surface area (Å²) in [6, 6.07) is 2.66. The van der Waals surface area contributed by atoms with Gasteiger partial charge in [-0.2, -0.15) is 0 Å². The molecule has 1 aliphatic rings. The van der Waals surface area contributed by atoms with Crippen molar-refractivity contribution < 1.29 is 23.5 Å². The topological polar surface area (TPSA) is 66.4 Å². The molecule has 0 saturated heterocycles. The number of carboxylic acid groups (broad SMARTS) is 1.